The van der Waals surface area contributed by atoms with E-state index in [0.717, 1.165) is 18.4 Å². The number of anilines is 1. The number of nitrogens with two attached hydrogens (primary N) is 1. The van der Waals surface area contributed by atoms with E-state index in [4.69, 9.17) is 5.14 Å². The number of hydrogen-bond donors (Lipinski definition) is 2. The monoisotopic (exact) mass is 344 g/mol. The Kier molecular flexibility index (Phi) is 4.69. The van der Waals surface area contributed by atoms with Crippen molar-refractivity contribution in [3.63, 3.8) is 0 Å². The van der Waals surface area contributed by atoms with Crippen LogP contribution in [0.2, 0.25) is 0 Å². The zero-order valence-electron chi connectivity index (χ0n) is 13.3. The number of nitrogens with one attached hydrogen (secondary N) is 1. The molecule has 1 aliphatic rings. The predicted octanol–water partition coefficient (Wildman–Crippen LogP) is 2.39. The number of primary sulfonamides is 1. The van der Waals surface area contributed by atoms with E-state index in [1.54, 1.807) is 0 Å². The summed E-state index contributed by atoms with van der Waals surface area (Å²) in [5, 5.41) is 7.83. The number of amides is 1. The lowest BCUT2D eigenvalue weighted by Gasteiger charge is -2.16. The molecule has 0 aliphatic heterocycles. The molecule has 3 rings (SSSR count). The minimum Gasteiger partial charge on any atom is -0.326 e. The van der Waals surface area contributed by atoms with E-state index < -0.39 is 10.0 Å². The van der Waals surface area contributed by atoms with Crippen molar-refractivity contribution in [2.24, 2.45) is 5.14 Å². The molecule has 1 amide bonds. The fourth-order valence-corrected chi connectivity index (χ4v) is 3.53. The molecule has 0 bridgehead atoms. The standard InChI is InChI=1S/C18H20N2O3S/c19-24(22,23)17-9-7-16(8-10-17)20-18(21)12-13-5-6-14-3-1-2-4-15(14)11-13/h5-11H,1-4,12H2,(H,20,21)(H2,19,22,23). The van der Waals surface area contributed by atoms with E-state index in [0.29, 0.717) is 12.1 Å². The molecular weight excluding hydrogens is 324 g/mol. The van der Waals surface area contributed by atoms with Crippen molar-refractivity contribution in [3.05, 3.63) is 59.2 Å². The summed E-state index contributed by atoms with van der Waals surface area (Å²) in [7, 11) is -3.72. The van der Waals surface area contributed by atoms with Gasteiger partial charge in [0.05, 0.1) is 11.3 Å². The minimum absolute atomic E-state index is 0.0233. The second kappa shape index (κ2) is 6.75. The van der Waals surface area contributed by atoms with Gasteiger partial charge in [0.15, 0.2) is 0 Å². The number of rotatable bonds is 4. The van der Waals surface area contributed by atoms with E-state index in [1.807, 2.05) is 6.07 Å². The van der Waals surface area contributed by atoms with Crippen molar-refractivity contribution in [2.75, 3.05) is 5.32 Å². The molecule has 5 nitrogen and oxygen atoms in total. The normalized spacial score (nSPS) is 14.0. The van der Waals surface area contributed by atoms with E-state index >= 15 is 0 Å². The topological polar surface area (TPSA) is 89.3 Å². The number of benzene rings is 2. The van der Waals surface area contributed by atoms with Crippen LogP contribution in [0.4, 0.5) is 5.69 Å². The average molecular weight is 344 g/mol. The number of aryl methyl sites for hydroxylation is 2. The van der Waals surface area contributed by atoms with Crippen LogP contribution in [0, 0.1) is 0 Å². The van der Waals surface area contributed by atoms with Gasteiger partial charge in [-0.15, -0.1) is 0 Å². The van der Waals surface area contributed by atoms with Crippen molar-refractivity contribution in [2.45, 2.75) is 37.0 Å². The van der Waals surface area contributed by atoms with Gasteiger partial charge >= 0.3 is 0 Å². The van der Waals surface area contributed by atoms with Crippen LogP contribution in [0.25, 0.3) is 0 Å². The molecule has 0 unspecified atom stereocenters. The number of carbonyl (C=O) groups excluding carboxylic acids is 1. The third-order valence-electron chi connectivity index (χ3n) is 4.24. The van der Waals surface area contributed by atoms with Gasteiger partial charge in [0.1, 0.15) is 0 Å². The molecule has 1 aliphatic carbocycles. The maximum absolute atomic E-state index is 12.2. The summed E-state index contributed by atoms with van der Waals surface area (Å²) in [6.07, 6.45) is 4.95. The van der Waals surface area contributed by atoms with Gasteiger partial charge in [0.2, 0.25) is 15.9 Å². The Balaban J connectivity index is 1.65. The second-order valence-electron chi connectivity index (χ2n) is 6.10. The van der Waals surface area contributed by atoms with Crippen LogP contribution in [0.1, 0.15) is 29.5 Å². The first-order valence-corrected chi connectivity index (χ1v) is 9.50. The molecule has 0 saturated carbocycles. The Morgan fingerprint density at radius 2 is 1.67 bits per heavy atom. The zero-order chi connectivity index (χ0) is 17.2. The summed E-state index contributed by atoms with van der Waals surface area (Å²) >= 11 is 0. The molecule has 0 heterocycles. The highest BCUT2D eigenvalue weighted by Gasteiger charge is 2.12. The maximum Gasteiger partial charge on any atom is 0.238 e. The molecule has 126 valence electrons. The highest BCUT2D eigenvalue weighted by molar-refractivity contribution is 7.89. The SMILES string of the molecule is NS(=O)(=O)c1ccc(NC(=O)Cc2ccc3c(c2)CCCC3)cc1. The van der Waals surface area contributed by atoms with Crippen LogP contribution in [0.5, 0.6) is 0 Å². The van der Waals surface area contributed by atoms with Gasteiger partial charge in [0.25, 0.3) is 0 Å². The summed E-state index contributed by atoms with van der Waals surface area (Å²) < 4.78 is 22.4. The van der Waals surface area contributed by atoms with Gasteiger partial charge in [-0.3, -0.25) is 4.79 Å². The summed E-state index contributed by atoms with van der Waals surface area (Å²) in [4.78, 5) is 12.2. The predicted molar refractivity (Wildman–Crippen MR) is 93.2 cm³/mol. The Labute approximate surface area is 141 Å². The summed E-state index contributed by atoms with van der Waals surface area (Å²) in [5.41, 5.74) is 4.28. The number of sulfonamides is 1. The van der Waals surface area contributed by atoms with Crippen LogP contribution >= 0.6 is 0 Å². The van der Waals surface area contributed by atoms with Gasteiger partial charge in [-0.25, -0.2) is 13.6 Å². The summed E-state index contributed by atoms with van der Waals surface area (Å²) in [6.45, 7) is 0. The van der Waals surface area contributed by atoms with Crippen LogP contribution in [0.3, 0.4) is 0 Å². The fraction of sp³-hybridized carbons (Fsp3) is 0.278. The Hall–Kier alpha value is -2.18. The number of hydrogen-bond acceptors (Lipinski definition) is 3. The van der Waals surface area contributed by atoms with Crippen LogP contribution in [0.15, 0.2) is 47.4 Å². The van der Waals surface area contributed by atoms with Crippen LogP contribution in [-0.4, -0.2) is 14.3 Å². The summed E-state index contributed by atoms with van der Waals surface area (Å²) in [5.74, 6) is -0.130. The Morgan fingerprint density at radius 3 is 2.33 bits per heavy atom. The minimum atomic E-state index is -3.72. The lowest BCUT2D eigenvalue weighted by Crippen LogP contribution is -2.15. The molecule has 6 heteroatoms. The largest absolute Gasteiger partial charge is 0.326 e. The number of carbonyl (C=O) groups is 1. The summed E-state index contributed by atoms with van der Waals surface area (Å²) in [6, 6.07) is 12.1. The highest BCUT2D eigenvalue weighted by Crippen LogP contribution is 2.22. The van der Waals surface area contributed by atoms with Crippen molar-refractivity contribution >= 4 is 21.6 Å². The Bertz CT molecular complexity index is 858. The maximum atomic E-state index is 12.2. The molecule has 0 fully saturated rings. The first-order valence-electron chi connectivity index (χ1n) is 7.95. The molecule has 2 aromatic rings. The highest BCUT2D eigenvalue weighted by atomic mass is 32.2. The van der Waals surface area contributed by atoms with Gasteiger partial charge in [0, 0.05) is 5.69 Å². The van der Waals surface area contributed by atoms with Crippen LogP contribution < -0.4 is 10.5 Å². The van der Waals surface area contributed by atoms with E-state index in [9.17, 15) is 13.2 Å². The molecule has 0 saturated heterocycles. The fourth-order valence-electron chi connectivity index (χ4n) is 3.02. The van der Waals surface area contributed by atoms with Crippen molar-refractivity contribution in [1.82, 2.24) is 0 Å². The Morgan fingerprint density at radius 1 is 1.00 bits per heavy atom. The van der Waals surface area contributed by atoms with Crippen molar-refractivity contribution in [1.29, 1.82) is 0 Å². The van der Waals surface area contributed by atoms with E-state index in [2.05, 4.69) is 17.4 Å². The molecule has 3 N–H and O–H groups in total. The average Bonchev–Trinajstić information content (AvgIpc) is 2.54. The van der Waals surface area contributed by atoms with Gasteiger partial charge in [-0.1, -0.05) is 18.2 Å². The molecule has 24 heavy (non-hydrogen) atoms. The molecule has 0 aromatic heterocycles. The second-order valence-corrected chi connectivity index (χ2v) is 7.67. The smallest absolute Gasteiger partial charge is 0.238 e. The van der Waals surface area contributed by atoms with Crippen molar-refractivity contribution < 1.29 is 13.2 Å². The first-order chi connectivity index (χ1) is 11.4. The molecule has 0 spiro atoms. The van der Waals surface area contributed by atoms with Gasteiger partial charge in [-0.2, -0.15) is 0 Å². The third-order valence-corrected chi connectivity index (χ3v) is 5.17. The van der Waals surface area contributed by atoms with E-state index in [-0.39, 0.29) is 10.8 Å². The quantitative estimate of drug-likeness (QED) is 0.892. The molecule has 0 atom stereocenters. The molecule has 0 radical (unpaired) electrons. The van der Waals surface area contributed by atoms with Gasteiger partial charge in [-0.05, 0) is 66.6 Å². The van der Waals surface area contributed by atoms with Crippen LogP contribution in [-0.2, 0) is 34.1 Å². The lowest BCUT2D eigenvalue weighted by atomic mass is 9.90. The van der Waals surface area contributed by atoms with Crippen molar-refractivity contribution in [3.8, 4) is 0 Å². The third kappa shape index (κ3) is 4.01. The van der Waals surface area contributed by atoms with Gasteiger partial charge < -0.3 is 5.32 Å². The molecular formula is C18H20N2O3S. The lowest BCUT2D eigenvalue weighted by molar-refractivity contribution is -0.115. The zero-order valence-corrected chi connectivity index (χ0v) is 14.1. The number of fused-ring (bicyclic) bond motifs is 1. The van der Waals surface area contributed by atoms with E-state index in [1.165, 1.54) is 48.2 Å². The first kappa shape index (κ1) is 16.7. The molecule has 2 aromatic carbocycles.